The standard InChI is InChI=1S/C23H21NO5S/c1-4-14-9-15-18(10-16(14)25)28-21(19(20(15)26)22-24-13(3)11-30-22)23(27)29-17-8-6-5-7-12(17)2/h5-12,17,25H,4H2,1-3H3. The number of benzene rings is 1. The van der Waals surface area contributed by atoms with E-state index in [1.807, 2.05) is 39.0 Å². The Bertz CT molecular complexity index is 1250. The maximum Gasteiger partial charge on any atom is 0.375 e. The van der Waals surface area contributed by atoms with E-state index < -0.39 is 12.1 Å². The monoisotopic (exact) mass is 423 g/mol. The predicted octanol–water partition coefficient (Wildman–Crippen LogP) is 4.78. The quantitative estimate of drug-likeness (QED) is 0.608. The summed E-state index contributed by atoms with van der Waals surface area (Å²) < 4.78 is 11.5. The van der Waals surface area contributed by atoms with E-state index in [0.29, 0.717) is 17.0 Å². The van der Waals surface area contributed by atoms with Gasteiger partial charge in [-0.3, -0.25) is 4.79 Å². The van der Waals surface area contributed by atoms with Gasteiger partial charge in [-0.15, -0.1) is 11.3 Å². The highest BCUT2D eigenvalue weighted by Crippen LogP contribution is 2.31. The topological polar surface area (TPSA) is 89.6 Å². The summed E-state index contributed by atoms with van der Waals surface area (Å²) in [6.07, 6.45) is 7.51. The van der Waals surface area contributed by atoms with E-state index in [0.717, 1.165) is 5.69 Å². The lowest BCUT2D eigenvalue weighted by Gasteiger charge is -2.20. The molecule has 4 rings (SSSR count). The van der Waals surface area contributed by atoms with Crippen LogP contribution in [0.2, 0.25) is 0 Å². The number of esters is 1. The van der Waals surface area contributed by atoms with Gasteiger partial charge < -0.3 is 14.3 Å². The second kappa shape index (κ2) is 7.91. The van der Waals surface area contributed by atoms with Crippen molar-refractivity contribution in [2.45, 2.75) is 33.3 Å². The first-order valence-corrected chi connectivity index (χ1v) is 10.6. The first kappa shape index (κ1) is 20.1. The predicted molar refractivity (Wildman–Crippen MR) is 116 cm³/mol. The van der Waals surface area contributed by atoms with Crippen LogP contribution in [0.3, 0.4) is 0 Å². The van der Waals surface area contributed by atoms with Crippen LogP contribution in [0, 0.1) is 12.8 Å². The van der Waals surface area contributed by atoms with Gasteiger partial charge in [-0.2, -0.15) is 0 Å². The van der Waals surface area contributed by atoms with Crippen LogP contribution in [-0.2, 0) is 11.2 Å². The summed E-state index contributed by atoms with van der Waals surface area (Å²) in [4.78, 5) is 30.8. The zero-order chi connectivity index (χ0) is 21.4. The molecule has 0 bridgehead atoms. The van der Waals surface area contributed by atoms with Crippen molar-refractivity contribution in [3.05, 3.63) is 69.1 Å². The number of thiazole rings is 1. The second-order valence-corrected chi connectivity index (χ2v) is 8.12. The molecule has 1 aromatic carbocycles. The summed E-state index contributed by atoms with van der Waals surface area (Å²) >= 11 is 1.26. The Morgan fingerprint density at radius 2 is 2.07 bits per heavy atom. The third-order valence-electron chi connectivity index (χ3n) is 5.08. The number of nitrogens with zero attached hydrogens (tertiary/aromatic N) is 1. The molecule has 1 aliphatic rings. The van der Waals surface area contributed by atoms with Gasteiger partial charge in [0.05, 0.1) is 5.39 Å². The fourth-order valence-corrected chi connectivity index (χ4v) is 4.22. The molecule has 30 heavy (non-hydrogen) atoms. The number of phenolic OH excluding ortho intramolecular Hbond substituents is 1. The van der Waals surface area contributed by atoms with Crippen LogP contribution in [0.5, 0.6) is 5.75 Å². The summed E-state index contributed by atoms with van der Waals surface area (Å²) in [6.45, 7) is 5.63. The molecular formula is C23H21NO5S. The number of phenols is 1. The molecule has 2 heterocycles. The fraction of sp³-hybridized carbons (Fsp3) is 0.261. The molecule has 0 fully saturated rings. The summed E-state index contributed by atoms with van der Waals surface area (Å²) in [6, 6.07) is 2.97. The van der Waals surface area contributed by atoms with E-state index in [9.17, 15) is 14.7 Å². The molecule has 2 aromatic heterocycles. The molecular weight excluding hydrogens is 402 g/mol. The molecule has 0 amide bonds. The number of carbonyl (C=O) groups excluding carboxylic acids is 1. The lowest BCUT2D eigenvalue weighted by Crippen LogP contribution is -2.25. The SMILES string of the molecule is CCc1cc2c(=O)c(-c3nc(C)cs3)c(C(=O)OC3C=CC=CC3C)oc2cc1O. The minimum atomic E-state index is -0.743. The van der Waals surface area contributed by atoms with E-state index in [2.05, 4.69) is 4.98 Å². The minimum absolute atomic E-state index is 0.00663. The number of aryl methyl sites for hydroxylation is 2. The first-order valence-electron chi connectivity index (χ1n) is 9.70. The van der Waals surface area contributed by atoms with Gasteiger partial charge in [0.1, 0.15) is 28.0 Å². The number of hydrogen-bond acceptors (Lipinski definition) is 7. The number of carbonyl (C=O) groups is 1. The molecule has 2 atom stereocenters. The van der Waals surface area contributed by atoms with Crippen molar-refractivity contribution in [1.82, 2.24) is 4.98 Å². The van der Waals surface area contributed by atoms with Crippen LogP contribution < -0.4 is 5.43 Å². The third kappa shape index (κ3) is 3.57. The van der Waals surface area contributed by atoms with Crippen molar-refractivity contribution in [2.24, 2.45) is 5.92 Å². The number of allylic oxidation sites excluding steroid dienone is 2. The van der Waals surface area contributed by atoms with Crippen molar-refractivity contribution in [2.75, 3.05) is 0 Å². The van der Waals surface area contributed by atoms with Crippen molar-refractivity contribution in [3.8, 4) is 16.3 Å². The van der Waals surface area contributed by atoms with Gasteiger partial charge in [0.15, 0.2) is 0 Å². The average molecular weight is 423 g/mol. The Morgan fingerprint density at radius 3 is 2.73 bits per heavy atom. The van der Waals surface area contributed by atoms with Crippen LogP contribution in [0.25, 0.3) is 21.5 Å². The Hall–Kier alpha value is -3.19. The van der Waals surface area contributed by atoms with Crippen LogP contribution in [0.4, 0.5) is 0 Å². The van der Waals surface area contributed by atoms with Crippen molar-refractivity contribution in [3.63, 3.8) is 0 Å². The lowest BCUT2D eigenvalue weighted by molar-refractivity contribution is 0.0295. The van der Waals surface area contributed by atoms with Gasteiger partial charge in [-0.25, -0.2) is 9.78 Å². The largest absolute Gasteiger partial charge is 0.508 e. The van der Waals surface area contributed by atoms with Gasteiger partial charge in [-0.05, 0) is 31.1 Å². The van der Waals surface area contributed by atoms with Gasteiger partial charge in [-0.1, -0.05) is 32.1 Å². The van der Waals surface area contributed by atoms with Gasteiger partial charge >= 0.3 is 5.97 Å². The first-order chi connectivity index (χ1) is 14.4. The fourth-order valence-electron chi connectivity index (χ4n) is 3.39. The van der Waals surface area contributed by atoms with Crippen LogP contribution >= 0.6 is 11.3 Å². The van der Waals surface area contributed by atoms with E-state index in [-0.39, 0.29) is 39.4 Å². The highest BCUT2D eigenvalue weighted by molar-refractivity contribution is 7.13. The molecule has 0 spiro atoms. The van der Waals surface area contributed by atoms with E-state index >= 15 is 0 Å². The minimum Gasteiger partial charge on any atom is -0.508 e. The van der Waals surface area contributed by atoms with Crippen molar-refractivity contribution in [1.29, 1.82) is 0 Å². The Morgan fingerprint density at radius 1 is 1.30 bits per heavy atom. The summed E-state index contributed by atoms with van der Waals surface area (Å²) in [7, 11) is 0. The number of ether oxygens (including phenoxy) is 1. The van der Waals surface area contributed by atoms with Crippen molar-refractivity contribution >= 4 is 28.3 Å². The van der Waals surface area contributed by atoms with Gasteiger partial charge in [0.2, 0.25) is 11.2 Å². The number of aromatic hydroxyl groups is 1. The molecule has 1 aliphatic carbocycles. The maximum absolute atomic E-state index is 13.4. The van der Waals surface area contributed by atoms with Crippen LogP contribution in [-0.4, -0.2) is 22.2 Å². The summed E-state index contributed by atoms with van der Waals surface area (Å²) in [5, 5.41) is 12.7. The third-order valence-corrected chi connectivity index (χ3v) is 6.06. The molecule has 0 aliphatic heterocycles. The highest BCUT2D eigenvalue weighted by atomic mass is 32.1. The lowest BCUT2D eigenvalue weighted by atomic mass is 10.00. The summed E-state index contributed by atoms with van der Waals surface area (Å²) in [5.41, 5.74) is 1.20. The molecule has 1 N–H and O–H groups in total. The van der Waals surface area contributed by atoms with E-state index in [1.165, 1.54) is 17.4 Å². The number of rotatable bonds is 4. The van der Waals surface area contributed by atoms with E-state index in [1.54, 1.807) is 17.5 Å². The number of hydrogen-bond donors (Lipinski definition) is 1. The summed E-state index contributed by atoms with van der Waals surface area (Å²) in [5.74, 6) is -0.944. The Kier molecular flexibility index (Phi) is 5.30. The molecule has 3 aromatic rings. The number of fused-ring (bicyclic) bond motifs is 1. The Labute approximate surface area is 177 Å². The molecule has 2 unspecified atom stereocenters. The average Bonchev–Trinajstić information content (AvgIpc) is 3.14. The zero-order valence-electron chi connectivity index (χ0n) is 16.8. The molecule has 0 radical (unpaired) electrons. The molecule has 6 nitrogen and oxygen atoms in total. The zero-order valence-corrected chi connectivity index (χ0v) is 17.7. The maximum atomic E-state index is 13.4. The van der Waals surface area contributed by atoms with E-state index in [4.69, 9.17) is 9.15 Å². The molecule has 0 saturated heterocycles. The highest BCUT2D eigenvalue weighted by Gasteiger charge is 2.28. The van der Waals surface area contributed by atoms with Crippen molar-refractivity contribution < 1.29 is 19.1 Å². The van der Waals surface area contributed by atoms with Crippen LogP contribution in [0.1, 0.15) is 35.7 Å². The number of aromatic nitrogens is 1. The normalized spacial score (nSPS) is 18.1. The van der Waals surface area contributed by atoms with Gasteiger partial charge in [0.25, 0.3) is 0 Å². The van der Waals surface area contributed by atoms with Gasteiger partial charge in [0, 0.05) is 23.1 Å². The Balaban J connectivity index is 1.90. The molecule has 154 valence electrons. The molecule has 7 heteroatoms. The molecule has 0 saturated carbocycles. The smallest absolute Gasteiger partial charge is 0.375 e. The van der Waals surface area contributed by atoms with Crippen LogP contribution in [0.15, 0.2) is 51.0 Å². The second-order valence-electron chi connectivity index (χ2n) is 7.26.